The minimum atomic E-state index is 0.151. The third-order valence-corrected chi connectivity index (χ3v) is 2.85. The molecule has 0 aliphatic rings. The van der Waals surface area contributed by atoms with Crippen LogP contribution in [0, 0.1) is 6.92 Å². The number of halogens is 1. The number of benzene rings is 1. The van der Waals surface area contributed by atoms with Gasteiger partial charge in [0.05, 0.1) is 0 Å². The number of nitrogens with two attached hydrogens (primary N) is 1. The van der Waals surface area contributed by atoms with Crippen LogP contribution in [0.25, 0.3) is 0 Å². The fourth-order valence-corrected chi connectivity index (χ4v) is 1.64. The van der Waals surface area contributed by atoms with Crippen molar-refractivity contribution in [2.75, 3.05) is 5.32 Å². The van der Waals surface area contributed by atoms with E-state index >= 15 is 0 Å². The summed E-state index contributed by atoms with van der Waals surface area (Å²) in [6.45, 7) is 6.18. The van der Waals surface area contributed by atoms with Gasteiger partial charge in [-0.3, -0.25) is 0 Å². The SMILES string of the molecule is Cc1cc(Br)ccc1NC(C)C(C)N. The van der Waals surface area contributed by atoms with Crippen LogP contribution < -0.4 is 11.1 Å². The van der Waals surface area contributed by atoms with Gasteiger partial charge in [0, 0.05) is 22.2 Å². The molecule has 0 saturated carbocycles. The molecule has 0 aliphatic carbocycles. The second kappa shape index (κ2) is 4.80. The highest BCUT2D eigenvalue weighted by Gasteiger charge is 2.08. The predicted octanol–water partition coefficient (Wildman–Crippen LogP) is 2.91. The van der Waals surface area contributed by atoms with E-state index in [4.69, 9.17) is 5.73 Å². The van der Waals surface area contributed by atoms with Gasteiger partial charge < -0.3 is 11.1 Å². The maximum atomic E-state index is 5.79. The number of rotatable bonds is 3. The van der Waals surface area contributed by atoms with Crippen molar-refractivity contribution in [2.24, 2.45) is 5.73 Å². The molecule has 1 rings (SSSR count). The number of hydrogen-bond donors (Lipinski definition) is 2. The Morgan fingerprint density at radius 3 is 2.50 bits per heavy atom. The summed E-state index contributed by atoms with van der Waals surface area (Å²) in [7, 11) is 0. The first-order valence-corrected chi connectivity index (χ1v) is 5.58. The van der Waals surface area contributed by atoms with E-state index in [-0.39, 0.29) is 12.1 Å². The van der Waals surface area contributed by atoms with Crippen LogP contribution in [-0.2, 0) is 0 Å². The van der Waals surface area contributed by atoms with Crippen LogP contribution in [0.15, 0.2) is 22.7 Å². The molecule has 0 aromatic heterocycles. The largest absolute Gasteiger partial charge is 0.381 e. The van der Waals surface area contributed by atoms with Crippen LogP contribution >= 0.6 is 15.9 Å². The summed E-state index contributed by atoms with van der Waals surface area (Å²) in [4.78, 5) is 0. The Kier molecular flexibility index (Phi) is 3.96. The van der Waals surface area contributed by atoms with E-state index in [9.17, 15) is 0 Å². The molecule has 14 heavy (non-hydrogen) atoms. The lowest BCUT2D eigenvalue weighted by atomic mass is 10.1. The molecule has 2 atom stereocenters. The van der Waals surface area contributed by atoms with Crippen molar-refractivity contribution in [3.8, 4) is 0 Å². The monoisotopic (exact) mass is 256 g/mol. The molecule has 3 heteroatoms. The number of hydrogen-bond acceptors (Lipinski definition) is 2. The second-order valence-electron chi connectivity index (χ2n) is 3.75. The van der Waals surface area contributed by atoms with Crippen molar-refractivity contribution in [1.82, 2.24) is 0 Å². The third kappa shape index (κ3) is 3.00. The van der Waals surface area contributed by atoms with E-state index in [0.29, 0.717) is 0 Å². The second-order valence-corrected chi connectivity index (χ2v) is 4.67. The van der Waals surface area contributed by atoms with Gasteiger partial charge in [-0.15, -0.1) is 0 Å². The molecule has 2 unspecified atom stereocenters. The highest BCUT2D eigenvalue weighted by molar-refractivity contribution is 9.10. The zero-order valence-corrected chi connectivity index (χ0v) is 10.4. The summed E-state index contributed by atoms with van der Waals surface area (Å²) in [6.07, 6.45) is 0. The number of anilines is 1. The summed E-state index contributed by atoms with van der Waals surface area (Å²) in [5.41, 5.74) is 8.17. The van der Waals surface area contributed by atoms with Crippen molar-refractivity contribution < 1.29 is 0 Å². The van der Waals surface area contributed by atoms with Gasteiger partial charge in [-0.2, -0.15) is 0 Å². The summed E-state index contributed by atoms with van der Waals surface area (Å²) in [5, 5.41) is 3.39. The molecule has 2 nitrogen and oxygen atoms in total. The quantitative estimate of drug-likeness (QED) is 0.873. The molecular weight excluding hydrogens is 240 g/mol. The van der Waals surface area contributed by atoms with Gasteiger partial charge in [0.25, 0.3) is 0 Å². The van der Waals surface area contributed by atoms with Crippen LogP contribution in [0.2, 0.25) is 0 Å². The van der Waals surface area contributed by atoms with Gasteiger partial charge in [0.1, 0.15) is 0 Å². The lowest BCUT2D eigenvalue weighted by Gasteiger charge is -2.20. The zero-order valence-electron chi connectivity index (χ0n) is 8.84. The van der Waals surface area contributed by atoms with E-state index in [1.807, 2.05) is 13.0 Å². The van der Waals surface area contributed by atoms with E-state index < -0.39 is 0 Å². The van der Waals surface area contributed by atoms with Crippen LogP contribution in [0.5, 0.6) is 0 Å². The first-order chi connectivity index (χ1) is 6.50. The molecule has 0 amide bonds. The molecule has 3 N–H and O–H groups in total. The van der Waals surface area contributed by atoms with Gasteiger partial charge in [0.15, 0.2) is 0 Å². The minimum absolute atomic E-state index is 0.151. The normalized spacial score (nSPS) is 14.9. The van der Waals surface area contributed by atoms with Crippen molar-refractivity contribution in [3.63, 3.8) is 0 Å². The smallest absolute Gasteiger partial charge is 0.0381 e. The molecule has 1 aromatic rings. The average Bonchev–Trinajstić information content (AvgIpc) is 2.09. The third-order valence-electron chi connectivity index (χ3n) is 2.36. The average molecular weight is 257 g/mol. The summed E-state index contributed by atoms with van der Waals surface area (Å²) in [6, 6.07) is 6.63. The van der Waals surface area contributed by atoms with Gasteiger partial charge in [-0.05, 0) is 44.5 Å². The van der Waals surface area contributed by atoms with Gasteiger partial charge in [-0.25, -0.2) is 0 Å². The molecule has 0 heterocycles. The Balaban J connectivity index is 2.77. The Bertz CT molecular complexity index is 310. The molecule has 0 spiro atoms. The standard InChI is InChI=1S/C11H17BrN2/c1-7-6-10(12)4-5-11(7)14-9(3)8(2)13/h4-6,8-9,14H,13H2,1-3H3. The fraction of sp³-hybridized carbons (Fsp3) is 0.455. The fourth-order valence-electron chi connectivity index (χ4n) is 1.17. The highest BCUT2D eigenvalue weighted by Crippen LogP contribution is 2.20. The van der Waals surface area contributed by atoms with Gasteiger partial charge in [0.2, 0.25) is 0 Å². The minimum Gasteiger partial charge on any atom is -0.381 e. The summed E-state index contributed by atoms with van der Waals surface area (Å²) >= 11 is 3.44. The molecule has 0 saturated heterocycles. The lowest BCUT2D eigenvalue weighted by Crippen LogP contribution is -2.35. The van der Waals surface area contributed by atoms with Crippen LogP contribution in [0.4, 0.5) is 5.69 Å². The van der Waals surface area contributed by atoms with E-state index in [1.165, 1.54) is 5.56 Å². The molecule has 78 valence electrons. The summed E-state index contributed by atoms with van der Waals surface area (Å²) in [5.74, 6) is 0. The lowest BCUT2D eigenvalue weighted by molar-refractivity contribution is 0.638. The number of nitrogens with one attached hydrogen (secondary N) is 1. The van der Waals surface area contributed by atoms with Crippen molar-refractivity contribution in [2.45, 2.75) is 32.9 Å². The molecule has 0 fully saturated rings. The van der Waals surface area contributed by atoms with E-state index in [2.05, 4.69) is 47.2 Å². The zero-order chi connectivity index (χ0) is 10.7. The van der Waals surface area contributed by atoms with Crippen LogP contribution in [0.1, 0.15) is 19.4 Å². The van der Waals surface area contributed by atoms with Gasteiger partial charge >= 0.3 is 0 Å². The first-order valence-electron chi connectivity index (χ1n) is 4.79. The summed E-state index contributed by atoms with van der Waals surface area (Å²) < 4.78 is 1.11. The molecule has 1 aromatic carbocycles. The molecular formula is C11H17BrN2. The van der Waals surface area contributed by atoms with E-state index in [0.717, 1.165) is 10.2 Å². The highest BCUT2D eigenvalue weighted by atomic mass is 79.9. The van der Waals surface area contributed by atoms with Crippen molar-refractivity contribution in [3.05, 3.63) is 28.2 Å². The Hall–Kier alpha value is -0.540. The van der Waals surface area contributed by atoms with Crippen molar-refractivity contribution in [1.29, 1.82) is 0 Å². The molecule has 0 aliphatic heterocycles. The Morgan fingerprint density at radius 1 is 1.36 bits per heavy atom. The van der Waals surface area contributed by atoms with Gasteiger partial charge in [-0.1, -0.05) is 15.9 Å². The first kappa shape index (κ1) is 11.5. The van der Waals surface area contributed by atoms with E-state index in [1.54, 1.807) is 0 Å². The maximum absolute atomic E-state index is 5.79. The van der Waals surface area contributed by atoms with Crippen molar-refractivity contribution >= 4 is 21.6 Å². The Morgan fingerprint density at radius 2 is 2.00 bits per heavy atom. The van der Waals surface area contributed by atoms with Crippen LogP contribution in [0.3, 0.4) is 0 Å². The number of aryl methyl sites for hydroxylation is 1. The molecule has 0 bridgehead atoms. The van der Waals surface area contributed by atoms with Crippen LogP contribution in [-0.4, -0.2) is 12.1 Å². The topological polar surface area (TPSA) is 38.0 Å². The molecule has 0 radical (unpaired) electrons. The predicted molar refractivity (Wildman–Crippen MR) is 65.6 cm³/mol. The Labute approximate surface area is 94.0 Å². The maximum Gasteiger partial charge on any atom is 0.0381 e.